The number of amides is 1. The number of nitrogens with one attached hydrogen (secondary N) is 1. The Balaban J connectivity index is 1.69. The highest BCUT2D eigenvalue weighted by atomic mass is 32.2. The molecule has 7 nitrogen and oxygen atoms in total. The minimum atomic E-state index is -3.93. The van der Waals surface area contributed by atoms with Crippen molar-refractivity contribution in [3.63, 3.8) is 0 Å². The molecule has 0 aliphatic carbocycles. The SMILES string of the molecule is Cc1ccc(C(=O)c2ccc3c(ccn3S(=O)(=O)c3cccc(/C=C/C(=O)NO)c3)c2)cc1. The van der Waals surface area contributed by atoms with Crippen molar-refractivity contribution in [2.75, 3.05) is 0 Å². The van der Waals surface area contributed by atoms with Crippen molar-refractivity contribution in [3.8, 4) is 0 Å². The van der Waals surface area contributed by atoms with E-state index in [0.29, 0.717) is 27.6 Å². The molecule has 0 aliphatic heterocycles. The normalized spacial score (nSPS) is 11.7. The van der Waals surface area contributed by atoms with Crippen LogP contribution in [0.2, 0.25) is 0 Å². The Labute approximate surface area is 190 Å². The molecule has 166 valence electrons. The largest absolute Gasteiger partial charge is 0.289 e. The molecule has 3 aromatic carbocycles. The summed E-state index contributed by atoms with van der Waals surface area (Å²) in [6.07, 6.45) is 3.92. The van der Waals surface area contributed by atoms with Gasteiger partial charge in [-0.15, -0.1) is 0 Å². The summed E-state index contributed by atoms with van der Waals surface area (Å²) in [5, 5.41) is 9.20. The van der Waals surface area contributed by atoms with Crippen LogP contribution in [0.15, 0.2) is 90.0 Å². The number of hydrogen-bond acceptors (Lipinski definition) is 5. The molecular formula is C25H20N2O5S. The number of nitrogens with zero attached hydrogens (tertiary/aromatic N) is 1. The maximum Gasteiger partial charge on any atom is 0.268 e. The van der Waals surface area contributed by atoms with E-state index in [4.69, 9.17) is 5.21 Å². The standard InChI is InChI=1S/C25H20N2O5S/c1-17-5-8-19(9-6-17)25(29)21-10-11-23-20(16-21)13-14-27(23)33(31,32)22-4-2-3-18(15-22)7-12-24(28)26-30/h2-16,30H,1H3,(H,26,28)/b12-7+. The first-order chi connectivity index (χ1) is 15.8. The third kappa shape index (κ3) is 4.48. The average molecular weight is 461 g/mol. The highest BCUT2D eigenvalue weighted by Gasteiger charge is 2.20. The lowest BCUT2D eigenvalue weighted by Crippen LogP contribution is -2.14. The Morgan fingerprint density at radius 1 is 0.939 bits per heavy atom. The van der Waals surface area contributed by atoms with Gasteiger partial charge in [-0.2, -0.15) is 0 Å². The van der Waals surface area contributed by atoms with Gasteiger partial charge in [0.2, 0.25) is 0 Å². The molecule has 0 saturated heterocycles. The molecule has 0 aliphatic rings. The quantitative estimate of drug-likeness (QED) is 0.196. The smallest absolute Gasteiger partial charge is 0.268 e. The monoisotopic (exact) mass is 460 g/mol. The van der Waals surface area contributed by atoms with Crippen molar-refractivity contribution in [1.29, 1.82) is 0 Å². The molecule has 0 radical (unpaired) electrons. The van der Waals surface area contributed by atoms with Gasteiger partial charge < -0.3 is 0 Å². The molecule has 0 atom stereocenters. The van der Waals surface area contributed by atoms with Gasteiger partial charge in [0.05, 0.1) is 10.4 Å². The molecule has 0 saturated carbocycles. The van der Waals surface area contributed by atoms with Gasteiger partial charge in [-0.05, 0) is 55.0 Å². The van der Waals surface area contributed by atoms with Gasteiger partial charge in [0, 0.05) is 28.8 Å². The highest BCUT2D eigenvalue weighted by molar-refractivity contribution is 7.90. The number of hydrogen-bond donors (Lipinski definition) is 2. The van der Waals surface area contributed by atoms with Crippen LogP contribution in [-0.4, -0.2) is 29.3 Å². The lowest BCUT2D eigenvalue weighted by atomic mass is 10.0. The number of carbonyl (C=O) groups is 2. The van der Waals surface area contributed by atoms with E-state index in [1.165, 1.54) is 29.9 Å². The van der Waals surface area contributed by atoms with E-state index in [1.54, 1.807) is 48.5 Å². The summed E-state index contributed by atoms with van der Waals surface area (Å²) in [4.78, 5) is 24.0. The number of aromatic nitrogens is 1. The summed E-state index contributed by atoms with van der Waals surface area (Å²) in [6.45, 7) is 1.95. The maximum atomic E-state index is 13.3. The van der Waals surface area contributed by atoms with Crippen LogP contribution in [0.1, 0.15) is 27.0 Å². The second-order valence-corrected chi connectivity index (χ2v) is 9.28. The van der Waals surface area contributed by atoms with Crippen LogP contribution in [0.5, 0.6) is 0 Å². The number of hydroxylamine groups is 1. The van der Waals surface area contributed by atoms with Crippen LogP contribution in [0, 0.1) is 6.92 Å². The Morgan fingerprint density at radius 2 is 1.67 bits per heavy atom. The van der Waals surface area contributed by atoms with E-state index in [9.17, 15) is 18.0 Å². The van der Waals surface area contributed by atoms with Crippen LogP contribution in [0.4, 0.5) is 0 Å². The second-order valence-electron chi connectivity index (χ2n) is 7.47. The fraction of sp³-hybridized carbons (Fsp3) is 0.0400. The zero-order valence-corrected chi connectivity index (χ0v) is 18.4. The summed E-state index contributed by atoms with van der Waals surface area (Å²) >= 11 is 0. The number of rotatable bonds is 6. The first-order valence-corrected chi connectivity index (χ1v) is 11.4. The fourth-order valence-corrected chi connectivity index (χ4v) is 4.85. The summed E-state index contributed by atoms with van der Waals surface area (Å²) in [7, 11) is -3.93. The topological polar surface area (TPSA) is 105 Å². The Hall–Kier alpha value is -4.01. The van der Waals surface area contributed by atoms with E-state index in [-0.39, 0.29) is 10.7 Å². The Morgan fingerprint density at radius 3 is 2.39 bits per heavy atom. The highest BCUT2D eigenvalue weighted by Crippen LogP contribution is 2.25. The lowest BCUT2D eigenvalue weighted by Gasteiger charge is -2.09. The number of ketones is 1. The van der Waals surface area contributed by atoms with E-state index in [2.05, 4.69) is 0 Å². The van der Waals surface area contributed by atoms with Crippen molar-refractivity contribution in [2.45, 2.75) is 11.8 Å². The third-order valence-corrected chi connectivity index (χ3v) is 6.87. The molecule has 33 heavy (non-hydrogen) atoms. The average Bonchev–Trinajstić information content (AvgIpc) is 3.27. The molecule has 0 fully saturated rings. The third-order valence-electron chi connectivity index (χ3n) is 5.18. The van der Waals surface area contributed by atoms with Crippen LogP contribution in [-0.2, 0) is 14.8 Å². The summed E-state index contributed by atoms with van der Waals surface area (Å²) < 4.78 is 27.7. The van der Waals surface area contributed by atoms with Gasteiger partial charge in [0.1, 0.15) is 0 Å². The van der Waals surface area contributed by atoms with Gasteiger partial charge in [0.25, 0.3) is 15.9 Å². The van der Waals surface area contributed by atoms with E-state index in [1.807, 2.05) is 19.1 Å². The van der Waals surface area contributed by atoms with Crippen molar-refractivity contribution >= 4 is 38.7 Å². The molecule has 2 N–H and O–H groups in total. The molecule has 1 aromatic heterocycles. The number of carbonyl (C=O) groups excluding carboxylic acids is 2. The molecule has 0 spiro atoms. The molecule has 4 aromatic rings. The Bertz CT molecular complexity index is 1500. The van der Waals surface area contributed by atoms with Crippen LogP contribution in [0.3, 0.4) is 0 Å². The molecule has 0 bridgehead atoms. The lowest BCUT2D eigenvalue weighted by molar-refractivity contribution is -0.124. The van der Waals surface area contributed by atoms with E-state index >= 15 is 0 Å². The minimum Gasteiger partial charge on any atom is -0.289 e. The molecule has 1 amide bonds. The van der Waals surface area contributed by atoms with Crippen molar-refractivity contribution in [2.24, 2.45) is 0 Å². The zero-order chi connectivity index (χ0) is 23.6. The van der Waals surface area contributed by atoms with Gasteiger partial charge >= 0.3 is 0 Å². The van der Waals surface area contributed by atoms with E-state index in [0.717, 1.165) is 15.6 Å². The van der Waals surface area contributed by atoms with E-state index < -0.39 is 15.9 Å². The predicted molar refractivity (Wildman–Crippen MR) is 125 cm³/mol. The van der Waals surface area contributed by atoms with Crippen molar-refractivity contribution < 1.29 is 23.2 Å². The molecule has 0 unspecified atom stereocenters. The van der Waals surface area contributed by atoms with Crippen molar-refractivity contribution in [1.82, 2.24) is 9.45 Å². The number of fused-ring (bicyclic) bond motifs is 1. The van der Waals surface area contributed by atoms with Crippen LogP contribution < -0.4 is 5.48 Å². The minimum absolute atomic E-state index is 0.0337. The first kappa shape index (κ1) is 22.2. The van der Waals surface area contributed by atoms with Gasteiger partial charge in [-0.1, -0.05) is 42.0 Å². The van der Waals surface area contributed by atoms with Gasteiger partial charge in [0.15, 0.2) is 5.78 Å². The molecular weight excluding hydrogens is 440 g/mol. The van der Waals surface area contributed by atoms with Crippen LogP contribution in [0.25, 0.3) is 17.0 Å². The predicted octanol–water partition coefficient (Wildman–Crippen LogP) is 3.94. The first-order valence-electron chi connectivity index (χ1n) is 10.00. The second kappa shape index (κ2) is 8.85. The molecule has 8 heteroatoms. The Kier molecular flexibility index (Phi) is 5.95. The fourth-order valence-electron chi connectivity index (χ4n) is 3.44. The number of benzene rings is 3. The molecule has 4 rings (SSSR count). The molecule has 1 heterocycles. The zero-order valence-electron chi connectivity index (χ0n) is 17.6. The van der Waals surface area contributed by atoms with Gasteiger partial charge in [-0.3, -0.25) is 14.8 Å². The maximum absolute atomic E-state index is 13.3. The van der Waals surface area contributed by atoms with Crippen molar-refractivity contribution in [3.05, 3.63) is 107 Å². The van der Waals surface area contributed by atoms with Gasteiger partial charge in [-0.25, -0.2) is 17.9 Å². The van der Waals surface area contributed by atoms with Crippen LogP contribution >= 0.6 is 0 Å². The summed E-state index contributed by atoms with van der Waals surface area (Å²) in [5.41, 5.74) is 4.48. The number of aryl methyl sites for hydroxylation is 1. The summed E-state index contributed by atoms with van der Waals surface area (Å²) in [5.74, 6) is -0.866. The summed E-state index contributed by atoms with van der Waals surface area (Å²) in [6, 6.07) is 19.9.